The molecule has 7 rings (SSSR count). The van der Waals surface area contributed by atoms with Crippen molar-refractivity contribution < 1.29 is 28.3 Å². The van der Waals surface area contributed by atoms with Crippen LogP contribution in [0.25, 0.3) is 10.8 Å². The second-order valence-corrected chi connectivity index (χ2v) is 17.1. The molecule has 4 heterocycles. The molecule has 4 aliphatic heterocycles. The normalized spacial score (nSPS) is 27.4. The quantitative estimate of drug-likeness (QED) is 0.203. The topological polar surface area (TPSA) is 90.4 Å². The van der Waals surface area contributed by atoms with Gasteiger partial charge in [0.2, 0.25) is 14.3 Å². The van der Waals surface area contributed by atoms with Gasteiger partial charge in [0.1, 0.15) is 0 Å². The van der Waals surface area contributed by atoms with Crippen LogP contribution in [0.2, 0.25) is 18.6 Å². The minimum atomic E-state index is -3.49. The molecule has 0 unspecified atom stereocenters. The van der Waals surface area contributed by atoms with Gasteiger partial charge in [-0.2, -0.15) is 0 Å². The molecule has 10 heteroatoms. The summed E-state index contributed by atoms with van der Waals surface area (Å²) in [5.41, 5.74) is 0.972. The maximum Gasteiger partial charge on any atom is 0.264 e. The number of hydrogen-bond donors (Lipinski definition) is 1. The molecule has 1 spiro atoms. The van der Waals surface area contributed by atoms with E-state index in [0.29, 0.717) is 29.0 Å². The fourth-order valence-electron chi connectivity index (χ4n) is 8.50. The van der Waals surface area contributed by atoms with E-state index in [9.17, 15) is 19.5 Å². The minimum Gasteiger partial charge on any atom is -0.394 e. The van der Waals surface area contributed by atoms with Gasteiger partial charge in [0, 0.05) is 41.2 Å². The van der Waals surface area contributed by atoms with Crippen LogP contribution in [0.4, 0.5) is 21.2 Å². The zero-order valence-corrected chi connectivity index (χ0v) is 26.8. The highest BCUT2D eigenvalue weighted by Gasteiger charge is 2.67. The molecule has 0 saturated carbocycles. The molecule has 45 heavy (non-hydrogen) atoms. The standard InChI is InChI=1S/C35H38FN3O5Si/c1-5-16-38-27-15-14-23(39-28-13-7-10-22-9-6-12-25(31(22)28)33(39)42)18-26(27)35(34(38)43)21(2)32(45(3,4)36)29(44-35)19-30(41)37-17-8-11-24(37)20-40/h5-7,9-10,12-15,18,21,24,29,32,40H,1,8,11,16-17,19-20H2,2-4H3/t21-,24-,29+,32-,35+/m0/s1. The van der Waals surface area contributed by atoms with Gasteiger partial charge in [-0.1, -0.05) is 37.3 Å². The molecule has 2 saturated heterocycles. The van der Waals surface area contributed by atoms with Gasteiger partial charge in [0.25, 0.3) is 11.8 Å². The predicted octanol–water partition coefficient (Wildman–Crippen LogP) is 5.81. The smallest absolute Gasteiger partial charge is 0.264 e. The molecule has 0 bridgehead atoms. The van der Waals surface area contributed by atoms with Crippen molar-refractivity contribution in [3.63, 3.8) is 0 Å². The first kappa shape index (κ1) is 29.8. The van der Waals surface area contributed by atoms with Crippen LogP contribution < -0.4 is 9.80 Å². The molecule has 0 radical (unpaired) electrons. The Morgan fingerprint density at radius 1 is 1.16 bits per heavy atom. The number of nitrogens with zero attached hydrogens (tertiary/aromatic N) is 3. The molecule has 1 N–H and O–H groups in total. The molecule has 4 aliphatic rings. The van der Waals surface area contributed by atoms with Crippen molar-refractivity contribution in [3.8, 4) is 0 Å². The average Bonchev–Trinajstić information content (AvgIpc) is 3.74. The SMILES string of the molecule is C=CCN1C(=O)[C@]2(O[C@H](CC(=O)N3CCC[C@H]3CO)[C@@H]([Si](C)(C)F)[C@@H]2C)c2cc(N3C(=O)c4cccc5cccc3c45)ccc21. The van der Waals surface area contributed by atoms with Crippen molar-refractivity contribution in [2.75, 3.05) is 29.5 Å². The number of benzene rings is 3. The van der Waals surface area contributed by atoms with E-state index in [1.54, 1.807) is 33.9 Å². The summed E-state index contributed by atoms with van der Waals surface area (Å²) in [6.07, 6.45) is 2.27. The number of aliphatic hydroxyl groups is 1. The van der Waals surface area contributed by atoms with Gasteiger partial charge in [-0.15, -0.1) is 6.58 Å². The summed E-state index contributed by atoms with van der Waals surface area (Å²) in [7, 11) is -3.49. The van der Waals surface area contributed by atoms with Crippen LogP contribution in [0, 0.1) is 5.92 Å². The lowest BCUT2D eigenvalue weighted by Crippen LogP contribution is -2.45. The molecule has 3 amide bonds. The van der Waals surface area contributed by atoms with Crippen molar-refractivity contribution >= 4 is 54.0 Å². The first-order valence-corrected chi connectivity index (χ1v) is 18.7. The molecule has 3 aromatic rings. The highest BCUT2D eigenvalue weighted by Crippen LogP contribution is 2.61. The summed E-state index contributed by atoms with van der Waals surface area (Å²) in [5.74, 6) is -1.25. The van der Waals surface area contributed by atoms with E-state index < -0.39 is 31.6 Å². The Labute approximate surface area is 263 Å². The molecule has 5 atom stereocenters. The first-order chi connectivity index (χ1) is 21.5. The third-order valence-corrected chi connectivity index (χ3v) is 12.8. The maximum absolute atomic E-state index is 16.3. The lowest BCUT2D eigenvalue weighted by Gasteiger charge is -2.31. The number of ether oxygens (including phenoxy) is 1. The van der Waals surface area contributed by atoms with Gasteiger partial charge in [0.15, 0.2) is 5.60 Å². The van der Waals surface area contributed by atoms with E-state index in [4.69, 9.17) is 4.74 Å². The highest BCUT2D eigenvalue weighted by atomic mass is 28.4. The average molecular weight is 628 g/mol. The third kappa shape index (κ3) is 4.25. The number of halogens is 1. The lowest BCUT2D eigenvalue weighted by molar-refractivity contribution is -0.149. The fraction of sp³-hybridized carbons (Fsp3) is 0.400. The monoisotopic (exact) mass is 627 g/mol. The summed E-state index contributed by atoms with van der Waals surface area (Å²) in [6, 6.07) is 16.7. The van der Waals surface area contributed by atoms with E-state index in [1.165, 1.54) is 0 Å². The summed E-state index contributed by atoms with van der Waals surface area (Å²) >= 11 is 0. The van der Waals surface area contributed by atoms with Gasteiger partial charge in [-0.25, -0.2) is 0 Å². The van der Waals surface area contributed by atoms with Crippen molar-refractivity contribution in [2.24, 2.45) is 5.92 Å². The van der Waals surface area contributed by atoms with E-state index >= 15 is 4.11 Å². The van der Waals surface area contributed by atoms with Crippen LogP contribution in [0.15, 0.2) is 67.3 Å². The van der Waals surface area contributed by atoms with Gasteiger partial charge < -0.3 is 23.8 Å². The Kier molecular flexibility index (Phi) is 7.03. The Morgan fingerprint density at radius 2 is 1.91 bits per heavy atom. The predicted molar refractivity (Wildman–Crippen MR) is 174 cm³/mol. The lowest BCUT2D eigenvalue weighted by atomic mass is 9.82. The van der Waals surface area contributed by atoms with Gasteiger partial charge in [-0.05, 0) is 61.7 Å². The zero-order valence-electron chi connectivity index (χ0n) is 25.8. The Morgan fingerprint density at radius 3 is 2.62 bits per heavy atom. The van der Waals surface area contributed by atoms with Crippen molar-refractivity contribution in [1.82, 2.24) is 4.90 Å². The number of fused-ring (bicyclic) bond motifs is 2. The molecule has 2 fully saturated rings. The Hall–Kier alpha value is -3.86. The number of aliphatic hydroxyl groups excluding tert-OH is 1. The number of carbonyl (C=O) groups excluding carboxylic acids is 3. The van der Waals surface area contributed by atoms with Crippen LogP contribution >= 0.6 is 0 Å². The number of likely N-dealkylation sites (tertiary alicyclic amines) is 1. The maximum atomic E-state index is 16.3. The number of hydrogen-bond acceptors (Lipinski definition) is 5. The van der Waals surface area contributed by atoms with Crippen molar-refractivity contribution in [2.45, 2.75) is 62.6 Å². The Bertz CT molecular complexity index is 1750. The van der Waals surface area contributed by atoms with Crippen molar-refractivity contribution in [3.05, 3.63) is 78.4 Å². The summed E-state index contributed by atoms with van der Waals surface area (Å²) in [6.45, 7) is 9.58. The number of amides is 3. The number of anilines is 3. The van der Waals surface area contributed by atoms with Gasteiger partial charge >= 0.3 is 0 Å². The molecule has 3 aromatic carbocycles. The first-order valence-electron chi connectivity index (χ1n) is 15.7. The highest BCUT2D eigenvalue weighted by molar-refractivity contribution is 6.72. The van der Waals surface area contributed by atoms with Crippen LogP contribution in [0.1, 0.15) is 42.1 Å². The van der Waals surface area contributed by atoms with E-state index in [1.807, 2.05) is 61.5 Å². The fourth-order valence-corrected chi connectivity index (χ4v) is 11.0. The Balaban J connectivity index is 1.33. The molecular weight excluding hydrogens is 589 g/mol. The van der Waals surface area contributed by atoms with Crippen LogP contribution in [0.5, 0.6) is 0 Å². The minimum absolute atomic E-state index is 0.0702. The summed E-state index contributed by atoms with van der Waals surface area (Å²) < 4.78 is 23.1. The number of rotatable bonds is 7. The third-order valence-electron chi connectivity index (χ3n) is 10.4. The van der Waals surface area contributed by atoms with Gasteiger partial charge in [-0.3, -0.25) is 19.3 Å². The van der Waals surface area contributed by atoms with Crippen molar-refractivity contribution in [1.29, 1.82) is 0 Å². The second kappa shape index (κ2) is 10.6. The molecular formula is C35H38FN3O5Si. The molecule has 234 valence electrons. The number of carbonyl (C=O) groups is 3. The van der Waals surface area contributed by atoms with Crippen LogP contribution in [-0.2, 0) is 19.9 Å². The summed E-state index contributed by atoms with van der Waals surface area (Å²) in [5, 5.41) is 11.7. The second-order valence-electron chi connectivity index (χ2n) is 13.3. The zero-order chi connectivity index (χ0) is 31.8. The van der Waals surface area contributed by atoms with Crippen LogP contribution in [-0.4, -0.2) is 68.0 Å². The molecule has 0 aliphatic carbocycles. The largest absolute Gasteiger partial charge is 0.394 e. The van der Waals surface area contributed by atoms with E-state index in [2.05, 4.69) is 6.58 Å². The van der Waals surface area contributed by atoms with E-state index in [-0.39, 0.29) is 43.3 Å². The van der Waals surface area contributed by atoms with Gasteiger partial charge in [0.05, 0.1) is 42.1 Å². The van der Waals surface area contributed by atoms with E-state index in [0.717, 1.165) is 29.3 Å². The van der Waals surface area contributed by atoms with Crippen LogP contribution in [0.3, 0.4) is 0 Å². The molecule has 8 nitrogen and oxygen atoms in total. The molecule has 0 aromatic heterocycles. The summed E-state index contributed by atoms with van der Waals surface area (Å²) in [4.78, 5) is 46.9.